The molecule has 0 radical (unpaired) electrons. The molecule has 0 unspecified atom stereocenters. The molecule has 0 atom stereocenters. The number of rotatable bonds is 4. The van der Waals surface area contributed by atoms with Crippen molar-refractivity contribution in [3.8, 4) is 6.07 Å². The van der Waals surface area contributed by atoms with Crippen LogP contribution in [0, 0.1) is 28.4 Å². The Morgan fingerprint density at radius 2 is 2.05 bits per heavy atom. The van der Waals surface area contributed by atoms with Crippen molar-refractivity contribution >= 4 is 23.0 Å². The molecule has 2 rings (SSSR count). The maximum absolute atomic E-state index is 11.2. The fourth-order valence-electron chi connectivity index (χ4n) is 1.78. The van der Waals surface area contributed by atoms with Gasteiger partial charge in [-0.25, -0.2) is 9.97 Å². The SMILES string of the molecule is CNc1ncnc(Nc2cc(C#N)ccc2C)c1[N+](=O)[O-]. The molecule has 8 nitrogen and oxygen atoms in total. The highest BCUT2D eigenvalue weighted by Crippen LogP contribution is 2.31. The van der Waals surface area contributed by atoms with Crippen LogP contribution in [0.2, 0.25) is 0 Å². The van der Waals surface area contributed by atoms with Crippen LogP contribution >= 0.6 is 0 Å². The Labute approximate surface area is 120 Å². The quantitative estimate of drug-likeness (QED) is 0.653. The molecule has 2 aromatic rings. The third-order valence-corrected chi connectivity index (χ3v) is 2.86. The van der Waals surface area contributed by atoms with Crippen molar-refractivity contribution in [2.75, 3.05) is 17.7 Å². The number of benzene rings is 1. The molecule has 0 amide bonds. The molecule has 8 heteroatoms. The van der Waals surface area contributed by atoms with E-state index >= 15 is 0 Å². The van der Waals surface area contributed by atoms with Crippen molar-refractivity contribution in [3.05, 3.63) is 45.8 Å². The van der Waals surface area contributed by atoms with Gasteiger partial charge in [-0.2, -0.15) is 5.26 Å². The van der Waals surface area contributed by atoms with E-state index in [0.717, 1.165) is 5.56 Å². The van der Waals surface area contributed by atoms with Gasteiger partial charge in [0.1, 0.15) is 6.33 Å². The molecular formula is C13H12N6O2. The van der Waals surface area contributed by atoms with E-state index < -0.39 is 4.92 Å². The van der Waals surface area contributed by atoms with Gasteiger partial charge in [0.25, 0.3) is 0 Å². The van der Waals surface area contributed by atoms with Crippen molar-refractivity contribution in [2.45, 2.75) is 6.92 Å². The molecule has 0 fully saturated rings. The normalized spacial score (nSPS) is 9.76. The minimum absolute atomic E-state index is 0.0672. The lowest BCUT2D eigenvalue weighted by Crippen LogP contribution is -2.06. The number of hydrogen-bond acceptors (Lipinski definition) is 7. The fourth-order valence-corrected chi connectivity index (χ4v) is 1.78. The second-order valence-corrected chi connectivity index (χ2v) is 4.19. The van der Waals surface area contributed by atoms with E-state index in [9.17, 15) is 10.1 Å². The zero-order valence-corrected chi connectivity index (χ0v) is 11.4. The summed E-state index contributed by atoms with van der Waals surface area (Å²) in [6, 6.07) is 7.06. The van der Waals surface area contributed by atoms with Gasteiger partial charge >= 0.3 is 5.69 Å². The number of nitro groups is 1. The summed E-state index contributed by atoms with van der Waals surface area (Å²) >= 11 is 0. The number of nitrogens with one attached hydrogen (secondary N) is 2. The number of nitriles is 1. The predicted octanol–water partition coefficient (Wildman–Crippen LogP) is 2.35. The van der Waals surface area contributed by atoms with Crippen LogP contribution in [0.15, 0.2) is 24.5 Å². The lowest BCUT2D eigenvalue weighted by molar-refractivity contribution is -0.383. The van der Waals surface area contributed by atoms with Gasteiger partial charge in [-0.3, -0.25) is 10.1 Å². The van der Waals surface area contributed by atoms with Crippen LogP contribution in [0.3, 0.4) is 0 Å². The maximum Gasteiger partial charge on any atom is 0.353 e. The van der Waals surface area contributed by atoms with Crippen molar-refractivity contribution in [1.29, 1.82) is 5.26 Å². The average molecular weight is 284 g/mol. The Morgan fingerprint density at radius 3 is 2.67 bits per heavy atom. The van der Waals surface area contributed by atoms with E-state index in [1.165, 1.54) is 6.33 Å². The summed E-state index contributed by atoms with van der Waals surface area (Å²) in [5.74, 6) is 0.184. The van der Waals surface area contributed by atoms with E-state index in [0.29, 0.717) is 11.3 Å². The van der Waals surface area contributed by atoms with Crippen LogP contribution in [-0.4, -0.2) is 21.9 Å². The van der Waals surface area contributed by atoms with Crippen molar-refractivity contribution in [2.24, 2.45) is 0 Å². The molecule has 21 heavy (non-hydrogen) atoms. The van der Waals surface area contributed by atoms with Crippen LogP contribution in [0.1, 0.15) is 11.1 Å². The van der Waals surface area contributed by atoms with E-state index in [1.807, 2.05) is 13.0 Å². The van der Waals surface area contributed by atoms with Gasteiger partial charge < -0.3 is 10.6 Å². The summed E-state index contributed by atoms with van der Waals surface area (Å²) in [5.41, 5.74) is 1.63. The van der Waals surface area contributed by atoms with Gasteiger partial charge in [-0.05, 0) is 24.6 Å². The molecule has 0 aliphatic heterocycles. The standard InChI is InChI=1S/C13H12N6O2/c1-8-3-4-9(6-14)5-10(8)18-13-11(19(20)21)12(15-2)16-7-17-13/h3-5,7H,1-2H3,(H2,15,16,17,18). The number of aryl methyl sites for hydroxylation is 1. The summed E-state index contributed by atoms with van der Waals surface area (Å²) in [6.45, 7) is 1.83. The molecule has 0 bridgehead atoms. The largest absolute Gasteiger partial charge is 0.367 e. The first kappa shape index (κ1) is 14.2. The highest BCUT2D eigenvalue weighted by atomic mass is 16.6. The maximum atomic E-state index is 11.2. The van der Waals surface area contributed by atoms with Crippen molar-refractivity contribution in [1.82, 2.24) is 9.97 Å². The molecular weight excluding hydrogens is 272 g/mol. The minimum Gasteiger partial charge on any atom is -0.367 e. The first-order valence-corrected chi connectivity index (χ1v) is 6.01. The Kier molecular flexibility index (Phi) is 3.95. The van der Waals surface area contributed by atoms with Gasteiger partial charge in [0.15, 0.2) is 0 Å². The molecule has 0 aliphatic rings. The van der Waals surface area contributed by atoms with Crippen LogP contribution in [-0.2, 0) is 0 Å². The van der Waals surface area contributed by atoms with Gasteiger partial charge in [-0.1, -0.05) is 6.07 Å². The van der Waals surface area contributed by atoms with Gasteiger partial charge in [-0.15, -0.1) is 0 Å². The first-order chi connectivity index (χ1) is 10.1. The summed E-state index contributed by atoms with van der Waals surface area (Å²) in [7, 11) is 1.54. The van der Waals surface area contributed by atoms with E-state index in [1.54, 1.807) is 25.2 Å². The van der Waals surface area contributed by atoms with Gasteiger partial charge in [0.2, 0.25) is 11.6 Å². The third-order valence-electron chi connectivity index (χ3n) is 2.86. The van der Waals surface area contributed by atoms with Crippen LogP contribution in [0.4, 0.5) is 23.0 Å². The Hall–Kier alpha value is -3.21. The molecule has 2 N–H and O–H groups in total. The van der Waals surface area contributed by atoms with Gasteiger partial charge in [0, 0.05) is 12.7 Å². The van der Waals surface area contributed by atoms with Crippen molar-refractivity contribution < 1.29 is 4.92 Å². The smallest absolute Gasteiger partial charge is 0.353 e. The summed E-state index contributed by atoms with van der Waals surface area (Å²) < 4.78 is 0. The summed E-state index contributed by atoms with van der Waals surface area (Å²) in [4.78, 5) is 18.4. The number of hydrogen-bond donors (Lipinski definition) is 2. The Morgan fingerprint density at radius 1 is 1.33 bits per heavy atom. The zero-order valence-electron chi connectivity index (χ0n) is 11.4. The first-order valence-electron chi connectivity index (χ1n) is 6.01. The minimum atomic E-state index is -0.558. The molecule has 1 aromatic carbocycles. The highest BCUT2D eigenvalue weighted by Gasteiger charge is 2.22. The molecule has 0 spiro atoms. The van der Waals surface area contributed by atoms with Crippen LogP contribution in [0.25, 0.3) is 0 Å². The Balaban J connectivity index is 2.50. The Bertz CT molecular complexity index is 738. The third kappa shape index (κ3) is 2.87. The monoisotopic (exact) mass is 284 g/mol. The lowest BCUT2D eigenvalue weighted by Gasteiger charge is -2.10. The molecule has 0 saturated heterocycles. The zero-order chi connectivity index (χ0) is 15.4. The second kappa shape index (κ2) is 5.83. The average Bonchev–Trinajstić information content (AvgIpc) is 2.48. The number of anilines is 3. The molecule has 106 valence electrons. The highest BCUT2D eigenvalue weighted by molar-refractivity contribution is 5.75. The fraction of sp³-hybridized carbons (Fsp3) is 0.154. The summed E-state index contributed by atoms with van der Waals surface area (Å²) in [5, 5.41) is 25.7. The topological polar surface area (TPSA) is 117 Å². The van der Waals surface area contributed by atoms with Gasteiger partial charge in [0.05, 0.1) is 16.6 Å². The molecule has 1 heterocycles. The number of nitrogens with zero attached hydrogens (tertiary/aromatic N) is 4. The number of aromatic nitrogens is 2. The molecule has 0 saturated carbocycles. The van der Waals surface area contributed by atoms with Crippen LogP contribution < -0.4 is 10.6 Å². The lowest BCUT2D eigenvalue weighted by atomic mass is 10.1. The molecule has 0 aliphatic carbocycles. The second-order valence-electron chi connectivity index (χ2n) is 4.19. The van der Waals surface area contributed by atoms with E-state index in [2.05, 4.69) is 20.6 Å². The molecule has 1 aromatic heterocycles. The summed E-state index contributed by atoms with van der Waals surface area (Å²) in [6.07, 6.45) is 1.23. The predicted molar refractivity (Wildman–Crippen MR) is 77.4 cm³/mol. The van der Waals surface area contributed by atoms with E-state index in [-0.39, 0.29) is 17.3 Å². The van der Waals surface area contributed by atoms with E-state index in [4.69, 9.17) is 5.26 Å². The van der Waals surface area contributed by atoms with Crippen LogP contribution in [0.5, 0.6) is 0 Å². The van der Waals surface area contributed by atoms with Crippen molar-refractivity contribution in [3.63, 3.8) is 0 Å².